The number of carbonyl (C=O) groups excluding carboxylic acids is 2. The predicted molar refractivity (Wildman–Crippen MR) is 116 cm³/mol. The van der Waals surface area contributed by atoms with E-state index in [9.17, 15) is 9.59 Å². The molecule has 0 aliphatic carbocycles. The predicted octanol–water partition coefficient (Wildman–Crippen LogP) is 5.31. The molecule has 154 valence electrons. The van der Waals surface area contributed by atoms with Gasteiger partial charge in [0.15, 0.2) is 0 Å². The quantitative estimate of drug-likeness (QED) is 0.211. The van der Waals surface area contributed by atoms with Crippen LogP contribution in [0.5, 0.6) is 5.75 Å². The summed E-state index contributed by atoms with van der Waals surface area (Å²) in [6.07, 6.45) is 2.71. The number of rotatable bonds is 9. The molecule has 3 rings (SSSR count). The number of hydrogen-bond donors (Lipinski definition) is 0. The maximum atomic E-state index is 13.6. The third-order valence-corrected chi connectivity index (χ3v) is 4.96. The van der Waals surface area contributed by atoms with Gasteiger partial charge in [0.05, 0.1) is 6.61 Å². The third-order valence-electron chi connectivity index (χ3n) is 4.96. The second-order valence-corrected chi connectivity index (χ2v) is 7.03. The lowest BCUT2D eigenvalue weighted by Crippen LogP contribution is -2.48. The molecular formula is C26H26O4. The first-order valence-corrected chi connectivity index (χ1v) is 10.2. The lowest BCUT2D eigenvalue weighted by molar-refractivity contribution is -0.158. The van der Waals surface area contributed by atoms with Gasteiger partial charge in [-0.05, 0) is 29.7 Å². The van der Waals surface area contributed by atoms with Crippen molar-refractivity contribution in [2.24, 2.45) is 0 Å². The van der Waals surface area contributed by atoms with Gasteiger partial charge in [0.2, 0.25) is 5.41 Å². The van der Waals surface area contributed by atoms with Crippen LogP contribution in [0.25, 0.3) is 0 Å². The summed E-state index contributed by atoms with van der Waals surface area (Å²) in [6, 6.07) is 26.7. The average molecular weight is 402 g/mol. The molecule has 0 aliphatic heterocycles. The average Bonchev–Trinajstić information content (AvgIpc) is 2.79. The van der Waals surface area contributed by atoms with Crippen molar-refractivity contribution in [3.05, 3.63) is 102 Å². The highest BCUT2D eigenvalue weighted by Gasteiger charge is 2.52. The number of para-hydroxylation sites is 1. The second kappa shape index (κ2) is 10.4. The van der Waals surface area contributed by atoms with Crippen molar-refractivity contribution in [2.75, 3.05) is 6.61 Å². The first-order valence-electron chi connectivity index (χ1n) is 10.2. The molecule has 3 aromatic rings. The molecule has 0 radical (unpaired) electrons. The SMILES string of the molecule is CCCCCOC(=O)C(C(=O)Oc1ccccc1)(c1ccccc1)c1ccccc1. The molecule has 4 heteroatoms. The minimum atomic E-state index is -1.72. The van der Waals surface area contributed by atoms with Crippen molar-refractivity contribution in [1.82, 2.24) is 0 Å². The lowest BCUT2D eigenvalue weighted by Gasteiger charge is -2.30. The molecule has 0 amide bonds. The van der Waals surface area contributed by atoms with Crippen LogP contribution in [-0.2, 0) is 19.7 Å². The van der Waals surface area contributed by atoms with Crippen molar-refractivity contribution in [3.8, 4) is 5.75 Å². The summed E-state index contributed by atoms with van der Waals surface area (Å²) in [5.74, 6) is -0.943. The Hall–Kier alpha value is -3.40. The van der Waals surface area contributed by atoms with Crippen molar-refractivity contribution in [3.63, 3.8) is 0 Å². The first-order chi connectivity index (χ1) is 14.7. The van der Waals surface area contributed by atoms with Crippen LogP contribution in [0.3, 0.4) is 0 Å². The zero-order valence-electron chi connectivity index (χ0n) is 17.1. The number of hydrogen-bond acceptors (Lipinski definition) is 4. The zero-order valence-corrected chi connectivity index (χ0v) is 17.1. The number of ether oxygens (including phenoxy) is 2. The van der Waals surface area contributed by atoms with E-state index in [1.165, 1.54) is 0 Å². The van der Waals surface area contributed by atoms with Crippen LogP contribution in [0.4, 0.5) is 0 Å². The smallest absolute Gasteiger partial charge is 0.338 e. The fourth-order valence-corrected chi connectivity index (χ4v) is 3.40. The molecule has 30 heavy (non-hydrogen) atoms. The van der Waals surface area contributed by atoms with E-state index in [2.05, 4.69) is 6.92 Å². The maximum absolute atomic E-state index is 13.6. The van der Waals surface area contributed by atoms with Crippen molar-refractivity contribution >= 4 is 11.9 Å². The van der Waals surface area contributed by atoms with Gasteiger partial charge in [-0.3, -0.25) is 4.79 Å². The van der Waals surface area contributed by atoms with E-state index in [1.807, 2.05) is 18.2 Å². The van der Waals surface area contributed by atoms with Gasteiger partial charge in [-0.1, -0.05) is 98.6 Å². The van der Waals surface area contributed by atoms with Gasteiger partial charge >= 0.3 is 11.9 Å². The second-order valence-electron chi connectivity index (χ2n) is 7.03. The molecule has 0 heterocycles. The number of unbranched alkanes of at least 4 members (excludes halogenated alkanes) is 2. The summed E-state index contributed by atoms with van der Waals surface area (Å²) < 4.78 is 11.3. The topological polar surface area (TPSA) is 52.6 Å². The molecule has 0 spiro atoms. The highest BCUT2D eigenvalue weighted by Crippen LogP contribution is 2.36. The highest BCUT2D eigenvalue weighted by molar-refractivity contribution is 6.10. The molecule has 0 saturated heterocycles. The monoisotopic (exact) mass is 402 g/mol. The standard InChI is InChI=1S/C26H26O4/c1-2-3-13-20-29-24(27)26(21-14-7-4-8-15-21,22-16-9-5-10-17-22)25(28)30-23-18-11-6-12-19-23/h4-12,14-19H,2-3,13,20H2,1H3. The summed E-state index contributed by atoms with van der Waals surface area (Å²) in [7, 11) is 0. The Balaban J connectivity index is 2.09. The summed E-state index contributed by atoms with van der Waals surface area (Å²) in [5, 5.41) is 0. The number of benzene rings is 3. The Labute approximate surface area is 177 Å². The van der Waals surface area contributed by atoms with Crippen LogP contribution in [0.2, 0.25) is 0 Å². The molecular weight excluding hydrogens is 376 g/mol. The first kappa shape index (κ1) is 21.3. The Morgan fingerprint density at radius 1 is 0.700 bits per heavy atom. The Morgan fingerprint density at radius 2 is 1.20 bits per heavy atom. The van der Waals surface area contributed by atoms with Gasteiger partial charge in [-0.25, -0.2) is 4.79 Å². The van der Waals surface area contributed by atoms with Gasteiger partial charge in [-0.15, -0.1) is 0 Å². The van der Waals surface area contributed by atoms with E-state index in [0.717, 1.165) is 19.3 Å². The summed E-state index contributed by atoms with van der Waals surface area (Å²) >= 11 is 0. The highest BCUT2D eigenvalue weighted by atomic mass is 16.6. The molecule has 4 nitrogen and oxygen atoms in total. The van der Waals surface area contributed by atoms with E-state index in [-0.39, 0.29) is 6.61 Å². The minimum absolute atomic E-state index is 0.257. The number of esters is 2. The van der Waals surface area contributed by atoms with Crippen LogP contribution < -0.4 is 4.74 Å². The lowest BCUT2D eigenvalue weighted by atomic mass is 9.74. The van der Waals surface area contributed by atoms with E-state index < -0.39 is 17.4 Å². The minimum Gasteiger partial charge on any atom is -0.464 e. The molecule has 0 aliphatic rings. The molecule has 0 unspecified atom stereocenters. The van der Waals surface area contributed by atoms with Gasteiger partial charge in [0.1, 0.15) is 5.75 Å². The van der Waals surface area contributed by atoms with Crippen LogP contribution in [0, 0.1) is 0 Å². The largest absolute Gasteiger partial charge is 0.464 e. The molecule has 0 saturated carbocycles. The summed E-state index contributed by atoms with van der Waals surface area (Å²) in [4.78, 5) is 27.2. The zero-order chi connectivity index (χ0) is 21.2. The summed E-state index contributed by atoms with van der Waals surface area (Å²) in [5.41, 5.74) is -0.694. The van der Waals surface area contributed by atoms with Gasteiger partial charge in [0, 0.05) is 0 Å². The molecule has 0 fully saturated rings. The molecule has 0 atom stereocenters. The normalized spacial score (nSPS) is 11.0. The van der Waals surface area contributed by atoms with E-state index in [1.54, 1.807) is 72.8 Å². The van der Waals surface area contributed by atoms with E-state index in [0.29, 0.717) is 16.9 Å². The van der Waals surface area contributed by atoms with Gasteiger partial charge in [-0.2, -0.15) is 0 Å². The van der Waals surface area contributed by atoms with Crippen LogP contribution in [-0.4, -0.2) is 18.5 Å². The molecule has 3 aromatic carbocycles. The molecule has 0 N–H and O–H groups in total. The Morgan fingerprint density at radius 3 is 1.70 bits per heavy atom. The Bertz CT molecular complexity index is 897. The van der Waals surface area contributed by atoms with E-state index in [4.69, 9.17) is 9.47 Å². The summed E-state index contributed by atoms with van der Waals surface area (Å²) in [6.45, 7) is 2.34. The maximum Gasteiger partial charge on any atom is 0.338 e. The fourth-order valence-electron chi connectivity index (χ4n) is 3.40. The number of carbonyl (C=O) groups is 2. The van der Waals surface area contributed by atoms with Crippen LogP contribution in [0.1, 0.15) is 37.3 Å². The third kappa shape index (κ3) is 4.60. The van der Waals surface area contributed by atoms with Crippen LogP contribution in [0.15, 0.2) is 91.0 Å². The van der Waals surface area contributed by atoms with Gasteiger partial charge in [0.25, 0.3) is 0 Å². The van der Waals surface area contributed by atoms with E-state index >= 15 is 0 Å². The van der Waals surface area contributed by atoms with Crippen molar-refractivity contribution < 1.29 is 19.1 Å². The van der Waals surface area contributed by atoms with Crippen molar-refractivity contribution in [2.45, 2.75) is 31.6 Å². The van der Waals surface area contributed by atoms with Gasteiger partial charge < -0.3 is 9.47 Å². The molecule has 0 aromatic heterocycles. The van der Waals surface area contributed by atoms with Crippen LogP contribution >= 0.6 is 0 Å². The molecule has 0 bridgehead atoms. The fraction of sp³-hybridized carbons (Fsp3) is 0.231. The Kier molecular flexibility index (Phi) is 7.39. The van der Waals surface area contributed by atoms with Crippen molar-refractivity contribution in [1.29, 1.82) is 0 Å².